The van der Waals surface area contributed by atoms with Gasteiger partial charge < -0.3 is 4.74 Å². The summed E-state index contributed by atoms with van der Waals surface area (Å²) in [7, 11) is 0. The maximum Gasteiger partial charge on any atom is 0.313 e. The van der Waals surface area contributed by atoms with E-state index in [1.165, 1.54) is 12.8 Å². The predicted molar refractivity (Wildman–Crippen MR) is 59.4 cm³/mol. The predicted octanol–water partition coefficient (Wildman–Crippen LogP) is 3.22. The topological polar surface area (TPSA) is 43.4 Å². The van der Waals surface area contributed by atoms with E-state index in [0.717, 1.165) is 25.7 Å². The van der Waals surface area contributed by atoms with Crippen LogP contribution in [0, 0.1) is 0 Å². The fraction of sp³-hybridized carbons (Fsp3) is 0.833. The zero-order chi connectivity index (χ0) is 11.5. The van der Waals surface area contributed by atoms with Gasteiger partial charge in [0.1, 0.15) is 0 Å². The summed E-state index contributed by atoms with van der Waals surface area (Å²) >= 11 is 0. The van der Waals surface area contributed by atoms with E-state index >= 15 is 0 Å². The van der Waals surface area contributed by atoms with Crippen LogP contribution in [0.2, 0.25) is 0 Å². The van der Waals surface area contributed by atoms with Gasteiger partial charge in [0.25, 0.3) is 0 Å². The number of hydrogen-bond donors (Lipinski definition) is 0. The van der Waals surface area contributed by atoms with Gasteiger partial charge in [-0.3, -0.25) is 9.59 Å². The van der Waals surface area contributed by atoms with Crippen LogP contribution in [0.1, 0.15) is 65.2 Å². The summed E-state index contributed by atoms with van der Waals surface area (Å²) in [5.74, 6) is -0.763. The second-order valence-electron chi connectivity index (χ2n) is 3.76. The molecule has 88 valence electrons. The lowest BCUT2D eigenvalue weighted by Crippen LogP contribution is -2.11. The lowest BCUT2D eigenvalue weighted by atomic mass is 10.1. The first kappa shape index (κ1) is 14.1. The van der Waals surface area contributed by atoms with Crippen molar-refractivity contribution in [1.29, 1.82) is 0 Å². The molecule has 0 aromatic rings. The van der Waals surface area contributed by atoms with E-state index in [1.807, 2.05) is 6.92 Å². The molecule has 0 aromatic heterocycles. The van der Waals surface area contributed by atoms with Gasteiger partial charge in [-0.1, -0.05) is 39.5 Å². The molecule has 0 aromatic carbocycles. The second kappa shape index (κ2) is 9.69. The standard InChI is InChI=1S/C12H22O3/c1-3-5-6-7-8-10-12(14)15-11(13)9-4-2/h3-10H2,1-2H3. The third-order valence-electron chi connectivity index (χ3n) is 2.17. The Balaban J connectivity index is 3.37. The summed E-state index contributed by atoms with van der Waals surface area (Å²) in [4.78, 5) is 22.1. The van der Waals surface area contributed by atoms with Crippen molar-refractivity contribution in [3.05, 3.63) is 0 Å². The molecule has 0 N–H and O–H groups in total. The van der Waals surface area contributed by atoms with Gasteiger partial charge in [-0.15, -0.1) is 0 Å². The van der Waals surface area contributed by atoms with Crippen molar-refractivity contribution < 1.29 is 14.3 Å². The van der Waals surface area contributed by atoms with Gasteiger partial charge >= 0.3 is 11.9 Å². The van der Waals surface area contributed by atoms with Crippen LogP contribution >= 0.6 is 0 Å². The summed E-state index contributed by atoms with van der Waals surface area (Å²) < 4.78 is 4.62. The smallest absolute Gasteiger partial charge is 0.313 e. The van der Waals surface area contributed by atoms with E-state index in [0.29, 0.717) is 12.8 Å². The molecule has 0 spiro atoms. The lowest BCUT2D eigenvalue weighted by Gasteiger charge is -2.01. The van der Waals surface area contributed by atoms with Crippen LogP contribution < -0.4 is 0 Å². The monoisotopic (exact) mass is 214 g/mol. The molecule has 0 aliphatic rings. The highest BCUT2D eigenvalue weighted by Gasteiger charge is 2.08. The van der Waals surface area contributed by atoms with Crippen molar-refractivity contribution in [2.75, 3.05) is 0 Å². The van der Waals surface area contributed by atoms with Crippen LogP contribution in [0.15, 0.2) is 0 Å². The molecule has 0 bridgehead atoms. The molecule has 0 saturated carbocycles. The third kappa shape index (κ3) is 9.44. The zero-order valence-corrected chi connectivity index (χ0v) is 9.88. The van der Waals surface area contributed by atoms with Crippen LogP contribution in [-0.2, 0) is 14.3 Å². The number of hydrogen-bond acceptors (Lipinski definition) is 3. The molecule has 0 aliphatic carbocycles. The molecule has 0 radical (unpaired) electrons. The van der Waals surface area contributed by atoms with Crippen molar-refractivity contribution in [3.8, 4) is 0 Å². The Kier molecular flexibility index (Phi) is 9.13. The first-order valence-electron chi connectivity index (χ1n) is 5.94. The summed E-state index contributed by atoms with van der Waals surface area (Å²) in [6.45, 7) is 4.04. The first-order valence-corrected chi connectivity index (χ1v) is 5.94. The minimum atomic E-state index is -0.393. The van der Waals surface area contributed by atoms with Crippen LogP contribution in [0.4, 0.5) is 0 Å². The van der Waals surface area contributed by atoms with E-state index in [-0.39, 0.29) is 5.97 Å². The highest BCUT2D eigenvalue weighted by Crippen LogP contribution is 2.06. The van der Waals surface area contributed by atoms with Crippen molar-refractivity contribution in [1.82, 2.24) is 0 Å². The molecule has 0 unspecified atom stereocenters. The summed E-state index contributed by atoms with van der Waals surface area (Å²) in [6, 6.07) is 0. The second-order valence-corrected chi connectivity index (χ2v) is 3.76. The Morgan fingerprint density at radius 3 is 2.00 bits per heavy atom. The Labute approximate surface area is 92.2 Å². The first-order chi connectivity index (χ1) is 7.20. The van der Waals surface area contributed by atoms with Gasteiger partial charge in [0.15, 0.2) is 0 Å². The summed E-state index contributed by atoms with van der Waals surface area (Å²) in [6.07, 6.45) is 6.88. The highest BCUT2D eigenvalue weighted by molar-refractivity contribution is 5.85. The molecule has 0 saturated heterocycles. The van der Waals surface area contributed by atoms with Crippen LogP contribution in [0.5, 0.6) is 0 Å². The fourth-order valence-corrected chi connectivity index (χ4v) is 1.31. The molecule has 0 heterocycles. The number of rotatable bonds is 8. The van der Waals surface area contributed by atoms with Crippen LogP contribution in [-0.4, -0.2) is 11.9 Å². The van der Waals surface area contributed by atoms with Gasteiger partial charge in [-0.25, -0.2) is 0 Å². The zero-order valence-electron chi connectivity index (χ0n) is 9.88. The molecule has 3 heteroatoms. The molecule has 3 nitrogen and oxygen atoms in total. The van der Waals surface area contributed by atoms with Crippen LogP contribution in [0.25, 0.3) is 0 Å². The lowest BCUT2D eigenvalue weighted by molar-refractivity contribution is -0.159. The molecule has 0 atom stereocenters. The van der Waals surface area contributed by atoms with E-state index in [2.05, 4.69) is 11.7 Å². The van der Waals surface area contributed by atoms with E-state index in [9.17, 15) is 9.59 Å². The Bertz CT molecular complexity index is 187. The minimum absolute atomic E-state index is 0.335. The number of carbonyl (C=O) groups excluding carboxylic acids is 2. The van der Waals surface area contributed by atoms with Crippen molar-refractivity contribution in [3.63, 3.8) is 0 Å². The van der Waals surface area contributed by atoms with Gasteiger partial charge in [-0.05, 0) is 12.8 Å². The van der Waals surface area contributed by atoms with Gasteiger partial charge in [0.2, 0.25) is 0 Å². The maximum atomic E-state index is 11.1. The Morgan fingerprint density at radius 1 is 0.800 bits per heavy atom. The van der Waals surface area contributed by atoms with Gasteiger partial charge in [0.05, 0.1) is 0 Å². The minimum Gasteiger partial charge on any atom is -0.393 e. The molecular weight excluding hydrogens is 192 g/mol. The molecule has 0 fully saturated rings. The molecule has 0 rings (SSSR count). The van der Waals surface area contributed by atoms with Crippen LogP contribution in [0.3, 0.4) is 0 Å². The van der Waals surface area contributed by atoms with Gasteiger partial charge in [0, 0.05) is 12.8 Å². The largest absolute Gasteiger partial charge is 0.393 e. The Morgan fingerprint density at radius 2 is 1.40 bits per heavy atom. The fourth-order valence-electron chi connectivity index (χ4n) is 1.31. The molecule has 0 amide bonds. The number of carbonyl (C=O) groups is 2. The summed E-state index contributed by atoms with van der Waals surface area (Å²) in [5.41, 5.74) is 0. The average molecular weight is 214 g/mol. The quantitative estimate of drug-likeness (QED) is 0.354. The van der Waals surface area contributed by atoms with E-state index < -0.39 is 5.97 Å². The molecule has 0 aliphatic heterocycles. The van der Waals surface area contributed by atoms with Crippen molar-refractivity contribution in [2.24, 2.45) is 0 Å². The van der Waals surface area contributed by atoms with Crippen molar-refractivity contribution in [2.45, 2.75) is 65.2 Å². The summed E-state index contributed by atoms with van der Waals surface area (Å²) in [5, 5.41) is 0. The highest BCUT2D eigenvalue weighted by atomic mass is 16.6. The number of unbranched alkanes of at least 4 members (excludes halogenated alkanes) is 4. The van der Waals surface area contributed by atoms with Gasteiger partial charge in [-0.2, -0.15) is 0 Å². The Hall–Kier alpha value is -0.860. The SMILES string of the molecule is CCCCCCCC(=O)OC(=O)CCC. The maximum absolute atomic E-state index is 11.1. The number of esters is 2. The van der Waals surface area contributed by atoms with E-state index in [1.54, 1.807) is 0 Å². The third-order valence-corrected chi connectivity index (χ3v) is 2.17. The van der Waals surface area contributed by atoms with E-state index in [4.69, 9.17) is 0 Å². The molecular formula is C12H22O3. The average Bonchev–Trinajstić information content (AvgIpc) is 2.17. The number of ether oxygens (including phenoxy) is 1. The normalized spacial score (nSPS) is 10.0. The molecule has 15 heavy (non-hydrogen) atoms. The van der Waals surface area contributed by atoms with Crippen molar-refractivity contribution >= 4 is 11.9 Å².